The van der Waals surface area contributed by atoms with E-state index in [0.29, 0.717) is 5.13 Å². The SMILES string of the molecule is C/C(=C\c1ccco1)c1csc(N)n1. The highest BCUT2D eigenvalue weighted by atomic mass is 32.1. The number of rotatable bonds is 2. The first-order valence-electron chi connectivity index (χ1n) is 4.19. The van der Waals surface area contributed by atoms with Gasteiger partial charge in [-0.15, -0.1) is 11.3 Å². The van der Waals surface area contributed by atoms with Crippen molar-refractivity contribution < 1.29 is 4.42 Å². The Kier molecular flexibility index (Phi) is 2.37. The second-order valence-corrected chi connectivity index (χ2v) is 3.80. The van der Waals surface area contributed by atoms with Crippen molar-refractivity contribution >= 4 is 28.1 Å². The zero-order valence-corrected chi connectivity index (χ0v) is 8.54. The molecule has 14 heavy (non-hydrogen) atoms. The number of aromatic nitrogens is 1. The van der Waals surface area contributed by atoms with E-state index in [1.807, 2.05) is 30.5 Å². The lowest BCUT2D eigenvalue weighted by Gasteiger charge is -1.93. The van der Waals surface area contributed by atoms with Gasteiger partial charge in [-0.3, -0.25) is 0 Å². The molecular formula is C10H10N2OS. The van der Waals surface area contributed by atoms with Crippen LogP contribution in [0.3, 0.4) is 0 Å². The monoisotopic (exact) mass is 206 g/mol. The van der Waals surface area contributed by atoms with E-state index in [1.165, 1.54) is 11.3 Å². The number of allylic oxidation sites excluding steroid dienone is 1. The molecule has 0 saturated carbocycles. The highest BCUT2D eigenvalue weighted by Gasteiger charge is 2.01. The Labute approximate surface area is 85.9 Å². The minimum atomic E-state index is 0.590. The zero-order chi connectivity index (χ0) is 9.97. The quantitative estimate of drug-likeness (QED) is 0.822. The van der Waals surface area contributed by atoms with Gasteiger partial charge in [0.25, 0.3) is 0 Å². The molecule has 0 atom stereocenters. The van der Waals surface area contributed by atoms with Crippen LogP contribution in [0.5, 0.6) is 0 Å². The van der Waals surface area contributed by atoms with E-state index < -0.39 is 0 Å². The van der Waals surface area contributed by atoms with Gasteiger partial charge in [0.1, 0.15) is 5.76 Å². The molecule has 2 aromatic rings. The Balaban J connectivity index is 2.28. The summed E-state index contributed by atoms with van der Waals surface area (Å²) in [6.07, 6.45) is 3.59. The van der Waals surface area contributed by atoms with Gasteiger partial charge in [-0.1, -0.05) is 0 Å². The minimum absolute atomic E-state index is 0.590. The van der Waals surface area contributed by atoms with Gasteiger partial charge in [-0.05, 0) is 30.7 Å². The summed E-state index contributed by atoms with van der Waals surface area (Å²) in [4.78, 5) is 4.18. The maximum atomic E-state index is 5.55. The van der Waals surface area contributed by atoms with Crippen molar-refractivity contribution in [1.82, 2.24) is 4.98 Å². The number of thiazole rings is 1. The van der Waals surface area contributed by atoms with Crippen LogP contribution in [0, 0.1) is 0 Å². The maximum absolute atomic E-state index is 5.55. The number of hydrogen-bond acceptors (Lipinski definition) is 4. The number of nitrogen functional groups attached to an aromatic ring is 1. The van der Waals surface area contributed by atoms with Crippen LogP contribution in [0.2, 0.25) is 0 Å². The second kappa shape index (κ2) is 3.67. The fraction of sp³-hybridized carbons (Fsp3) is 0.100. The molecule has 0 unspecified atom stereocenters. The van der Waals surface area contributed by atoms with Gasteiger partial charge in [-0.2, -0.15) is 0 Å². The smallest absolute Gasteiger partial charge is 0.180 e. The lowest BCUT2D eigenvalue weighted by atomic mass is 10.2. The Bertz CT molecular complexity index is 442. The van der Waals surface area contributed by atoms with Gasteiger partial charge in [-0.25, -0.2) is 4.98 Å². The van der Waals surface area contributed by atoms with Gasteiger partial charge < -0.3 is 10.2 Å². The third-order valence-corrected chi connectivity index (χ3v) is 2.50. The van der Waals surface area contributed by atoms with Gasteiger partial charge in [0.2, 0.25) is 0 Å². The lowest BCUT2D eigenvalue weighted by Crippen LogP contribution is -1.84. The number of furan rings is 1. The molecule has 2 N–H and O–H groups in total. The van der Waals surface area contributed by atoms with Gasteiger partial charge in [0.05, 0.1) is 12.0 Å². The molecule has 2 heterocycles. The maximum Gasteiger partial charge on any atom is 0.180 e. The second-order valence-electron chi connectivity index (χ2n) is 2.91. The number of nitrogens with two attached hydrogens (primary N) is 1. The number of anilines is 1. The van der Waals surface area contributed by atoms with E-state index in [4.69, 9.17) is 10.2 Å². The summed E-state index contributed by atoms with van der Waals surface area (Å²) in [6.45, 7) is 1.98. The Morgan fingerprint density at radius 3 is 3.07 bits per heavy atom. The molecule has 0 saturated heterocycles. The van der Waals surface area contributed by atoms with Crippen molar-refractivity contribution in [3.05, 3.63) is 35.2 Å². The van der Waals surface area contributed by atoms with Crippen molar-refractivity contribution in [3.8, 4) is 0 Å². The first-order valence-corrected chi connectivity index (χ1v) is 5.07. The van der Waals surface area contributed by atoms with Gasteiger partial charge in [0.15, 0.2) is 5.13 Å². The van der Waals surface area contributed by atoms with Crippen LogP contribution >= 0.6 is 11.3 Å². The third kappa shape index (κ3) is 1.85. The molecule has 0 radical (unpaired) electrons. The van der Waals surface area contributed by atoms with E-state index in [-0.39, 0.29) is 0 Å². The minimum Gasteiger partial charge on any atom is -0.465 e. The number of nitrogens with zero attached hydrogens (tertiary/aromatic N) is 1. The van der Waals surface area contributed by atoms with Crippen LogP contribution in [0.1, 0.15) is 18.4 Å². The van der Waals surface area contributed by atoms with Crippen LogP contribution in [0.15, 0.2) is 28.2 Å². The van der Waals surface area contributed by atoms with Crippen molar-refractivity contribution in [1.29, 1.82) is 0 Å². The predicted octanol–water partition coefficient (Wildman–Crippen LogP) is 2.88. The molecule has 0 fully saturated rings. The van der Waals surface area contributed by atoms with Crippen LogP contribution < -0.4 is 5.73 Å². The summed E-state index contributed by atoms with van der Waals surface area (Å²) < 4.78 is 5.20. The van der Waals surface area contributed by atoms with E-state index in [9.17, 15) is 0 Å². The molecule has 4 heteroatoms. The molecule has 0 aliphatic rings. The summed E-state index contributed by atoms with van der Waals surface area (Å²) in [5, 5.41) is 2.52. The Morgan fingerprint density at radius 1 is 1.64 bits per heavy atom. The average molecular weight is 206 g/mol. The predicted molar refractivity (Wildman–Crippen MR) is 58.8 cm³/mol. The third-order valence-electron chi connectivity index (χ3n) is 1.83. The summed E-state index contributed by atoms with van der Waals surface area (Å²) >= 11 is 1.44. The van der Waals surface area contributed by atoms with Crippen molar-refractivity contribution in [2.45, 2.75) is 6.92 Å². The molecule has 72 valence electrons. The Hall–Kier alpha value is -1.55. The average Bonchev–Trinajstić information content (AvgIpc) is 2.75. The fourth-order valence-corrected chi connectivity index (χ4v) is 1.75. The van der Waals surface area contributed by atoms with E-state index >= 15 is 0 Å². The van der Waals surface area contributed by atoms with Crippen LogP contribution in [0.4, 0.5) is 5.13 Å². The van der Waals surface area contributed by atoms with Crippen LogP contribution in [-0.2, 0) is 0 Å². The molecule has 0 amide bonds. The summed E-state index contributed by atoms with van der Waals surface area (Å²) in [5.74, 6) is 0.828. The van der Waals surface area contributed by atoms with E-state index in [0.717, 1.165) is 17.0 Å². The van der Waals surface area contributed by atoms with Gasteiger partial charge >= 0.3 is 0 Å². The van der Waals surface area contributed by atoms with Crippen LogP contribution in [0.25, 0.3) is 11.6 Å². The van der Waals surface area contributed by atoms with E-state index in [1.54, 1.807) is 6.26 Å². The molecule has 2 rings (SSSR count). The summed E-state index contributed by atoms with van der Waals surface area (Å²) in [6, 6.07) is 3.76. The van der Waals surface area contributed by atoms with Crippen molar-refractivity contribution in [3.63, 3.8) is 0 Å². The topological polar surface area (TPSA) is 52.0 Å². The zero-order valence-electron chi connectivity index (χ0n) is 7.73. The Morgan fingerprint density at radius 2 is 2.50 bits per heavy atom. The van der Waals surface area contributed by atoms with Crippen molar-refractivity contribution in [2.75, 3.05) is 5.73 Å². The van der Waals surface area contributed by atoms with E-state index in [2.05, 4.69) is 4.98 Å². The molecule has 0 aliphatic heterocycles. The normalized spacial score (nSPS) is 11.9. The molecular weight excluding hydrogens is 196 g/mol. The number of hydrogen-bond donors (Lipinski definition) is 1. The highest BCUT2D eigenvalue weighted by molar-refractivity contribution is 7.13. The molecule has 0 bridgehead atoms. The largest absolute Gasteiger partial charge is 0.465 e. The molecule has 0 spiro atoms. The summed E-state index contributed by atoms with van der Waals surface area (Å²) in [7, 11) is 0. The molecule has 2 aromatic heterocycles. The highest BCUT2D eigenvalue weighted by Crippen LogP contribution is 2.21. The molecule has 0 aromatic carbocycles. The van der Waals surface area contributed by atoms with Crippen molar-refractivity contribution in [2.24, 2.45) is 0 Å². The molecule has 3 nitrogen and oxygen atoms in total. The molecule has 0 aliphatic carbocycles. The first kappa shape index (κ1) is 9.02. The fourth-order valence-electron chi connectivity index (χ4n) is 1.13. The summed E-state index contributed by atoms with van der Waals surface area (Å²) in [5.41, 5.74) is 7.50. The van der Waals surface area contributed by atoms with Crippen LogP contribution in [-0.4, -0.2) is 4.98 Å². The van der Waals surface area contributed by atoms with Gasteiger partial charge in [0, 0.05) is 5.38 Å². The first-order chi connectivity index (χ1) is 6.75. The lowest BCUT2D eigenvalue weighted by molar-refractivity contribution is 0.557. The standard InChI is InChI=1S/C10H10N2OS/c1-7(5-8-3-2-4-13-8)9-6-14-10(11)12-9/h2-6H,1H3,(H2,11,12)/b7-5+.